The predicted molar refractivity (Wildman–Crippen MR) is 92.1 cm³/mol. The summed E-state index contributed by atoms with van der Waals surface area (Å²) < 4.78 is 19.1. The molecule has 0 spiro atoms. The number of ether oxygens (including phenoxy) is 1. The number of para-hydroxylation sites is 1. The molecular formula is C18H21FN4O2. The maximum atomic E-state index is 13.7. The number of hydrogen-bond donors (Lipinski definition) is 0. The van der Waals surface area contributed by atoms with Crippen molar-refractivity contribution < 1.29 is 13.9 Å². The highest BCUT2D eigenvalue weighted by molar-refractivity contribution is 5.81. The van der Waals surface area contributed by atoms with Gasteiger partial charge in [0.2, 0.25) is 0 Å². The molecule has 0 unspecified atom stereocenters. The van der Waals surface area contributed by atoms with Gasteiger partial charge in [-0.2, -0.15) is 0 Å². The molecule has 1 atom stereocenters. The zero-order valence-electron chi connectivity index (χ0n) is 14.4. The number of aryl methyl sites for hydroxylation is 1. The molecule has 1 aliphatic rings. The van der Waals surface area contributed by atoms with Crippen molar-refractivity contribution in [1.82, 2.24) is 14.9 Å². The molecule has 2 heterocycles. The van der Waals surface area contributed by atoms with Crippen molar-refractivity contribution in [3.8, 4) is 5.75 Å². The number of nitrogens with zero attached hydrogens (tertiary/aromatic N) is 4. The van der Waals surface area contributed by atoms with Gasteiger partial charge in [0.1, 0.15) is 11.6 Å². The molecule has 1 aliphatic heterocycles. The standard InChI is InChI=1S/C18H21FN4O2/c1-13(25-16-6-4-3-5-15(16)19)18(24)23-11-9-22(10-12-23)17-7-8-20-14(2)21-17/h3-8,13H,9-12H2,1-2H3/t13-/m1/s1. The molecule has 0 bridgehead atoms. The van der Waals surface area contributed by atoms with Crippen molar-refractivity contribution >= 4 is 11.7 Å². The number of carbonyl (C=O) groups excluding carboxylic acids is 1. The van der Waals surface area contributed by atoms with Crippen LogP contribution >= 0.6 is 0 Å². The van der Waals surface area contributed by atoms with Crippen molar-refractivity contribution in [1.29, 1.82) is 0 Å². The molecule has 0 saturated carbocycles. The van der Waals surface area contributed by atoms with E-state index in [-0.39, 0.29) is 11.7 Å². The summed E-state index contributed by atoms with van der Waals surface area (Å²) in [6.45, 7) is 6.03. The van der Waals surface area contributed by atoms with Crippen molar-refractivity contribution in [3.63, 3.8) is 0 Å². The van der Waals surface area contributed by atoms with Crippen LogP contribution in [0.1, 0.15) is 12.7 Å². The number of hydrogen-bond acceptors (Lipinski definition) is 5. The number of rotatable bonds is 4. The first kappa shape index (κ1) is 17.1. The summed E-state index contributed by atoms with van der Waals surface area (Å²) in [6.07, 6.45) is 1.00. The fourth-order valence-corrected chi connectivity index (χ4v) is 2.81. The van der Waals surface area contributed by atoms with Crippen LogP contribution in [0, 0.1) is 12.7 Å². The van der Waals surface area contributed by atoms with E-state index in [0.29, 0.717) is 26.2 Å². The molecule has 1 amide bonds. The number of piperazine rings is 1. The Kier molecular flexibility index (Phi) is 5.11. The Labute approximate surface area is 146 Å². The summed E-state index contributed by atoms with van der Waals surface area (Å²) >= 11 is 0. The maximum Gasteiger partial charge on any atom is 0.263 e. The van der Waals surface area contributed by atoms with Crippen LogP contribution in [0.15, 0.2) is 36.5 Å². The fourth-order valence-electron chi connectivity index (χ4n) is 2.81. The van der Waals surface area contributed by atoms with Crippen LogP contribution < -0.4 is 9.64 Å². The van der Waals surface area contributed by atoms with Crippen molar-refractivity contribution in [2.45, 2.75) is 20.0 Å². The van der Waals surface area contributed by atoms with Gasteiger partial charge >= 0.3 is 0 Å². The average Bonchev–Trinajstić information content (AvgIpc) is 2.63. The van der Waals surface area contributed by atoms with E-state index in [2.05, 4.69) is 14.9 Å². The normalized spacial score (nSPS) is 15.8. The van der Waals surface area contributed by atoms with Crippen molar-refractivity contribution in [2.24, 2.45) is 0 Å². The molecule has 1 aromatic carbocycles. The first-order chi connectivity index (χ1) is 12.0. The lowest BCUT2D eigenvalue weighted by Gasteiger charge is -2.36. The minimum atomic E-state index is -0.732. The third-order valence-electron chi connectivity index (χ3n) is 4.16. The summed E-state index contributed by atoms with van der Waals surface area (Å²) in [7, 11) is 0. The Bertz CT molecular complexity index is 747. The van der Waals surface area contributed by atoms with Crippen LogP contribution in [0.25, 0.3) is 0 Å². The molecule has 3 rings (SSSR count). The number of anilines is 1. The lowest BCUT2D eigenvalue weighted by atomic mass is 10.2. The number of aromatic nitrogens is 2. The molecule has 0 aliphatic carbocycles. The Morgan fingerprint density at radius 3 is 2.60 bits per heavy atom. The molecular weight excluding hydrogens is 323 g/mol. The highest BCUT2D eigenvalue weighted by Gasteiger charge is 2.27. The topological polar surface area (TPSA) is 58.6 Å². The molecule has 25 heavy (non-hydrogen) atoms. The van der Waals surface area contributed by atoms with Gasteiger partial charge in [0.05, 0.1) is 0 Å². The van der Waals surface area contributed by atoms with Crippen LogP contribution in [0.3, 0.4) is 0 Å². The molecule has 1 fully saturated rings. The van der Waals surface area contributed by atoms with E-state index in [4.69, 9.17) is 4.74 Å². The second-order valence-corrected chi connectivity index (χ2v) is 5.96. The maximum absolute atomic E-state index is 13.7. The average molecular weight is 344 g/mol. The molecule has 1 aromatic heterocycles. The van der Waals surface area contributed by atoms with Crippen LogP contribution in [0.4, 0.5) is 10.2 Å². The lowest BCUT2D eigenvalue weighted by molar-refractivity contribution is -0.138. The van der Waals surface area contributed by atoms with E-state index in [1.54, 1.807) is 30.2 Å². The first-order valence-electron chi connectivity index (χ1n) is 8.29. The van der Waals surface area contributed by atoms with Crippen LogP contribution in [0.2, 0.25) is 0 Å². The highest BCUT2D eigenvalue weighted by Crippen LogP contribution is 2.19. The summed E-state index contributed by atoms with van der Waals surface area (Å²) in [5.41, 5.74) is 0. The van der Waals surface area contributed by atoms with Crippen molar-refractivity contribution in [2.75, 3.05) is 31.1 Å². The van der Waals surface area contributed by atoms with Gasteiger partial charge in [0.15, 0.2) is 17.7 Å². The summed E-state index contributed by atoms with van der Waals surface area (Å²) in [4.78, 5) is 24.9. The summed E-state index contributed by atoms with van der Waals surface area (Å²) in [5, 5.41) is 0. The van der Waals surface area contributed by atoms with E-state index in [1.165, 1.54) is 12.1 Å². The van der Waals surface area contributed by atoms with Gasteiger partial charge in [-0.15, -0.1) is 0 Å². The van der Waals surface area contributed by atoms with Crippen LogP contribution in [-0.2, 0) is 4.79 Å². The quantitative estimate of drug-likeness (QED) is 0.849. The molecule has 7 heteroatoms. The smallest absolute Gasteiger partial charge is 0.263 e. The second-order valence-electron chi connectivity index (χ2n) is 5.96. The second kappa shape index (κ2) is 7.46. The van der Waals surface area contributed by atoms with Crippen LogP contribution in [-0.4, -0.2) is 53.1 Å². The third kappa shape index (κ3) is 4.04. The fraction of sp³-hybridized carbons (Fsp3) is 0.389. The molecule has 132 valence electrons. The SMILES string of the molecule is Cc1nccc(N2CCN(C(=O)[C@@H](C)Oc3ccccc3F)CC2)n1. The Morgan fingerprint density at radius 2 is 1.92 bits per heavy atom. The van der Waals surface area contributed by atoms with Gasteiger partial charge in [-0.25, -0.2) is 14.4 Å². The largest absolute Gasteiger partial charge is 0.478 e. The zero-order valence-corrected chi connectivity index (χ0v) is 14.4. The first-order valence-corrected chi connectivity index (χ1v) is 8.29. The lowest BCUT2D eigenvalue weighted by Crippen LogP contribution is -2.52. The van der Waals surface area contributed by atoms with Crippen molar-refractivity contribution in [3.05, 3.63) is 48.2 Å². The van der Waals surface area contributed by atoms with E-state index in [9.17, 15) is 9.18 Å². The summed E-state index contributed by atoms with van der Waals surface area (Å²) in [6, 6.07) is 7.97. The van der Waals surface area contributed by atoms with Gasteiger partial charge < -0.3 is 14.5 Å². The van der Waals surface area contributed by atoms with Gasteiger partial charge in [0.25, 0.3) is 5.91 Å². The predicted octanol–water partition coefficient (Wildman–Crippen LogP) is 2.04. The van der Waals surface area contributed by atoms with Crippen LogP contribution in [0.5, 0.6) is 5.75 Å². The molecule has 6 nitrogen and oxygen atoms in total. The monoisotopic (exact) mass is 344 g/mol. The molecule has 2 aromatic rings. The molecule has 1 saturated heterocycles. The number of carbonyl (C=O) groups is 1. The van der Waals surface area contributed by atoms with Gasteiger partial charge in [-0.3, -0.25) is 4.79 Å². The Hall–Kier alpha value is -2.70. The Balaban J connectivity index is 1.57. The van der Waals surface area contributed by atoms with Gasteiger partial charge in [-0.1, -0.05) is 12.1 Å². The summed E-state index contributed by atoms with van der Waals surface area (Å²) in [5.74, 6) is 1.09. The number of benzene rings is 1. The Morgan fingerprint density at radius 1 is 1.20 bits per heavy atom. The minimum Gasteiger partial charge on any atom is -0.478 e. The van der Waals surface area contributed by atoms with E-state index in [0.717, 1.165) is 11.6 Å². The number of halogens is 1. The molecule has 0 radical (unpaired) electrons. The number of amides is 1. The molecule has 0 N–H and O–H groups in total. The van der Waals surface area contributed by atoms with E-state index < -0.39 is 11.9 Å². The van der Waals surface area contributed by atoms with E-state index >= 15 is 0 Å². The highest BCUT2D eigenvalue weighted by atomic mass is 19.1. The third-order valence-corrected chi connectivity index (χ3v) is 4.16. The minimum absolute atomic E-state index is 0.0958. The van der Waals surface area contributed by atoms with Gasteiger partial charge in [-0.05, 0) is 32.0 Å². The zero-order chi connectivity index (χ0) is 17.8. The van der Waals surface area contributed by atoms with E-state index in [1.807, 2.05) is 13.0 Å². The van der Waals surface area contributed by atoms with Gasteiger partial charge in [0, 0.05) is 32.4 Å².